The molecule has 0 atom stereocenters. The predicted octanol–water partition coefficient (Wildman–Crippen LogP) is 7.17. The summed E-state index contributed by atoms with van der Waals surface area (Å²) in [6, 6.07) is 24.1. The van der Waals surface area contributed by atoms with Gasteiger partial charge in [-0.15, -0.1) is 0 Å². The smallest absolute Gasteiger partial charge is 0.414 e. The van der Waals surface area contributed by atoms with E-state index in [0.717, 1.165) is 22.3 Å². The van der Waals surface area contributed by atoms with Crippen molar-refractivity contribution >= 4 is 24.1 Å². The molecule has 0 aromatic heterocycles. The summed E-state index contributed by atoms with van der Waals surface area (Å²) < 4.78 is 21.1. The second kappa shape index (κ2) is 15.9. The van der Waals surface area contributed by atoms with Crippen molar-refractivity contribution in [1.82, 2.24) is 9.80 Å². The summed E-state index contributed by atoms with van der Waals surface area (Å²) in [5, 5.41) is 0. The maximum Gasteiger partial charge on any atom is 0.414 e. The van der Waals surface area contributed by atoms with E-state index in [-0.39, 0.29) is 0 Å². The highest BCUT2D eigenvalue weighted by Crippen LogP contribution is 2.25. The number of carbonyl (C=O) groups is 4. The first kappa shape index (κ1) is 34.8. The molecule has 4 aromatic rings. The zero-order valence-corrected chi connectivity index (χ0v) is 27.2. The van der Waals surface area contributed by atoms with E-state index in [4.69, 9.17) is 18.9 Å². The summed E-state index contributed by atoms with van der Waals surface area (Å²) in [4.78, 5) is 50.1. The van der Waals surface area contributed by atoms with E-state index in [0.29, 0.717) is 34.1 Å². The summed E-state index contributed by atoms with van der Waals surface area (Å²) in [5.74, 6) is 0.396. The van der Waals surface area contributed by atoms with Gasteiger partial charge in [0.2, 0.25) is 0 Å². The number of aryl methyl sites for hydroxylation is 4. The van der Waals surface area contributed by atoms with E-state index < -0.39 is 24.1 Å². The second-order valence-electron chi connectivity index (χ2n) is 11.0. The first-order valence-corrected chi connectivity index (χ1v) is 14.3. The zero-order chi connectivity index (χ0) is 34.0. The van der Waals surface area contributed by atoms with Gasteiger partial charge in [-0.2, -0.15) is 0 Å². The van der Waals surface area contributed by atoms with Gasteiger partial charge in [-0.1, -0.05) is 35.4 Å². The van der Waals surface area contributed by atoms with E-state index in [1.54, 1.807) is 76.7 Å². The Kier molecular flexibility index (Phi) is 12.0. The minimum atomic E-state index is -0.490. The minimum absolute atomic E-state index is 0.326. The third kappa shape index (κ3) is 10.8. The summed E-state index contributed by atoms with van der Waals surface area (Å²) in [5.41, 5.74) is 4.68. The van der Waals surface area contributed by atoms with Crippen LogP contribution in [0, 0.1) is 27.7 Å². The highest BCUT2D eigenvalue weighted by molar-refractivity contribution is 5.92. The Hall–Kier alpha value is -5.64. The Balaban J connectivity index is 0.000000268. The Morgan fingerprint density at radius 3 is 0.978 bits per heavy atom. The molecule has 0 saturated heterocycles. The number of hydrogen-bond donors (Lipinski definition) is 0. The molecule has 4 rings (SSSR count). The van der Waals surface area contributed by atoms with Gasteiger partial charge in [0.1, 0.15) is 23.0 Å². The SMILES string of the molecule is Cc1cc(OC(=O)N(C)C)cc(OC(=O)N(C)C)c1.Cc1ccc(C(=O)Oc2cc(C)cc(OC(=O)c3ccc(C)cc3)c2)cc1. The fraction of sp³-hybridized carbons (Fsp3) is 0.222. The van der Waals surface area contributed by atoms with Crippen LogP contribution in [0.3, 0.4) is 0 Å². The molecule has 10 nitrogen and oxygen atoms in total. The third-order valence-electron chi connectivity index (χ3n) is 6.19. The van der Waals surface area contributed by atoms with Crippen LogP contribution in [0.25, 0.3) is 0 Å². The number of ether oxygens (including phenoxy) is 4. The van der Waals surface area contributed by atoms with Crippen LogP contribution in [-0.2, 0) is 0 Å². The van der Waals surface area contributed by atoms with Crippen LogP contribution in [0.15, 0.2) is 84.9 Å². The van der Waals surface area contributed by atoms with Crippen molar-refractivity contribution < 1.29 is 38.1 Å². The molecular formula is C36H38N2O8. The topological polar surface area (TPSA) is 112 Å². The number of rotatable bonds is 6. The van der Waals surface area contributed by atoms with Gasteiger partial charge in [0, 0.05) is 40.3 Å². The van der Waals surface area contributed by atoms with Crippen molar-refractivity contribution in [2.45, 2.75) is 27.7 Å². The van der Waals surface area contributed by atoms with Gasteiger partial charge in [-0.25, -0.2) is 19.2 Å². The molecule has 0 N–H and O–H groups in total. The lowest BCUT2D eigenvalue weighted by molar-refractivity contribution is 0.0732. The molecule has 4 aromatic carbocycles. The van der Waals surface area contributed by atoms with Crippen molar-refractivity contribution in [1.29, 1.82) is 0 Å². The maximum absolute atomic E-state index is 12.3. The van der Waals surface area contributed by atoms with Crippen molar-refractivity contribution in [2.24, 2.45) is 0 Å². The molecule has 0 heterocycles. The molecule has 240 valence electrons. The van der Waals surface area contributed by atoms with Gasteiger partial charge in [0.15, 0.2) is 0 Å². The molecular weight excluding hydrogens is 588 g/mol. The average molecular weight is 627 g/mol. The van der Waals surface area contributed by atoms with Gasteiger partial charge < -0.3 is 28.7 Å². The molecule has 0 saturated carbocycles. The first-order chi connectivity index (χ1) is 21.7. The molecule has 2 amide bonds. The van der Waals surface area contributed by atoms with Crippen LogP contribution >= 0.6 is 0 Å². The number of nitrogens with zero attached hydrogens (tertiary/aromatic N) is 2. The summed E-state index contributed by atoms with van der Waals surface area (Å²) >= 11 is 0. The molecule has 0 fully saturated rings. The van der Waals surface area contributed by atoms with Crippen molar-refractivity contribution in [3.05, 3.63) is 118 Å². The lowest BCUT2D eigenvalue weighted by Gasteiger charge is -2.14. The van der Waals surface area contributed by atoms with Gasteiger partial charge in [0.25, 0.3) is 0 Å². The van der Waals surface area contributed by atoms with Gasteiger partial charge in [0.05, 0.1) is 11.1 Å². The van der Waals surface area contributed by atoms with Crippen LogP contribution in [0.2, 0.25) is 0 Å². The summed E-state index contributed by atoms with van der Waals surface area (Å²) in [6.45, 7) is 7.56. The molecule has 0 unspecified atom stereocenters. The van der Waals surface area contributed by atoms with Crippen molar-refractivity contribution in [3.8, 4) is 23.0 Å². The quantitative estimate of drug-likeness (QED) is 0.164. The molecule has 0 spiro atoms. The second-order valence-corrected chi connectivity index (χ2v) is 11.0. The monoisotopic (exact) mass is 626 g/mol. The van der Waals surface area contributed by atoms with Crippen LogP contribution in [0.5, 0.6) is 23.0 Å². The number of hydrogen-bond acceptors (Lipinski definition) is 8. The zero-order valence-electron chi connectivity index (χ0n) is 27.2. The van der Waals surface area contributed by atoms with Gasteiger partial charge in [-0.3, -0.25) is 0 Å². The van der Waals surface area contributed by atoms with Crippen LogP contribution < -0.4 is 18.9 Å². The van der Waals surface area contributed by atoms with Gasteiger partial charge >= 0.3 is 24.1 Å². The van der Waals surface area contributed by atoms with Crippen LogP contribution in [0.4, 0.5) is 9.59 Å². The fourth-order valence-corrected chi connectivity index (χ4v) is 3.76. The van der Waals surface area contributed by atoms with Crippen molar-refractivity contribution in [2.75, 3.05) is 28.2 Å². The third-order valence-corrected chi connectivity index (χ3v) is 6.19. The molecule has 10 heteroatoms. The number of amides is 2. The Bertz CT molecular complexity index is 1580. The lowest BCUT2D eigenvalue weighted by Crippen LogP contribution is -2.26. The molecule has 46 heavy (non-hydrogen) atoms. The Labute approximate surface area is 269 Å². The standard InChI is InChI=1S/C23H20O4.C13H18N2O4/c1-15-4-8-18(9-5-15)22(24)26-20-12-17(3)13-21(14-20)27-23(25)19-10-6-16(2)7-11-19;1-9-6-10(18-12(16)14(2)3)8-11(7-9)19-13(17)15(4)5/h4-14H,1-3H3;6-8H,1-5H3. The fourth-order valence-electron chi connectivity index (χ4n) is 3.76. The number of benzene rings is 4. The average Bonchev–Trinajstić information content (AvgIpc) is 2.97. The predicted molar refractivity (Wildman–Crippen MR) is 174 cm³/mol. The highest BCUT2D eigenvalue weighted by Gasteiger charge is 2.14. The van der Waals surface area contributed by atoms with E-state index >= 15 is 0 Å². The van der Waals surface area contributed by atoms with Crippen molar-refractivity contribution in [3.63, 3.8) is 0 Å². The molecule has 0 aliphatic heterocycles. The molecule has 0 aliphatic rings. The number of esters is 2. The van der Waals surface area contributed by atoms with Crippen LogP contribution in [-0.4, -0.2) is 62.1 Å². The molecule has 0 bridgehead atoms. The highest BCUT2D eigenvalue weighted by atomic mass is 16.6. The Morgan fingerprint density at radius 2 is 0.696 bits per heavy atom. The molecule has 0 aliphatic carbocycles. The van der Waals surface area contributed by atoms with Crippen LogP contribution in [0.1, 0.15) is 43.0 Å². The number of carbonyl (C=O) groups excluding carboxylic acids is 4. The van der Waals surface area contributed by atoms with E-state index in [1.807, 2.05) is 52.0 Å². The molecule has 0 radical (unpaired) electrons. The summed E-state index contributed by atoms with van der Waals surface area (Å²) in [7, 11) is 6.35. The maximum atomic E-state index is 12.3. The van der Waals surface area contributed by atoms with Gasteiger partial charge in [-0.05, 0) is 87.4 Å². The lowest BCUT2D eigenvalue weighted by atomic mass is 10.1. The van der Waals surface area contributed by atoms with E-state index in [2.05, 4.69) is 0 Å². The largest absolute Gasteiger partial charge is 0.423 e. The van der Waals surface area contributed by atoms with E-state index in [1.165, 1.54) is 21.9 Å². The Morgan fingerprint density at radius 1 is 0.413 bits per heavy atom. The minimum Gasteiger partial charge on any atom is -0.423 e. The normalized spacial score (nSPS) is 10.1. The van der Waals surface area contributed by atoms with E-state index in [9.17, 15) is 19.2 Å². The summed E-state index contributed by atoms with van der Waals surface area (Å²) in [6.07, 6.45) is -0.981. The first-order valence-electron chi connectivity index (χ1n) is 14.3.